The fourth-order valence-corrected chi connectivity index (χ4v) is 1.56. The van der Waals surface area contributed by atoms with Crippen LogP contribution in [0.3, 0.4) is 0 Å². The summed E-state index contributed by atoms with van der Waals surface area (Å²) in [5, 5.41) is 28.1. The van der Waals surface area contributed by atoms with Gasteiger partial charge in [-0.05, 0) is 24.3 Å². The number of urea groups is 2. The SMILES string of the molecule is O=NN(CCO)C(=O)Nc1ccc(NC(=O)N(CCO)N=O)cc1. The molecule has 4 amide bonds. The van der Waals surface area contributed by atoms with E-state index in [-0.39, 0.29) is 13.1 Å². The third kappa shape index (κ3) is 5.58. The summed E-state index contributed by atoms with van der Waals surface area (Å²) >= 11 is 0. The van der Waals surface area contributed by atoms with Gasteiger partial charge >= 0.3 is 12.1 Å². The Morgan fingerprint density at radius 1 is 0.833 bits per heavy atom. The van der Waals surface area contributed by atoms with Crippen LogP contribution in [0.25, 0.3) is 0 Å². The van der Waals surface area contributed by atoms with Crippen molar-refractivity contribution < 1.29 is 19.8 Å². The highest BCUT2D eigenvalue weighted by atomic mass is 16.3. The van der Waals surface area contributed by atoms with E-state index < -0.39 is 25.3 Å². The number of hydrogen-bond donors (Lipinski definition) is 4. The van der Waals surface area contributed by atoms with Crippen LogP contribution in [0.1, 0.15) is 0 Å². The van der Waals surface area contributed by atoms with Gasteiger partial charge in [0.05, 0.1) is 36.9 Å². The molecule has 12 nitrogen and oxygen atoms in total. The lowest BCUT2D eigenvalue weighted by atomic mass is 10.3. The number of aliphatic hydroxyl groups excluding tert-OH is 2. The number of anilines is 2. The molecule has 24 heavy (non-hydrogen) atoms. The first kappa shape index (κ1) is 18.9. The highest BCUT2D eigenvalue weighted by Gasteiger charge is 2.15. The third-order valence-corrected chi connectivity index (χ3v) is 2.68. The number of rotatable bonds is 8. The van der Waals surface area contributed by atoms with Crippen LogP contribution in [0.2, 0.25) is 0 Å². The fraction of sp³-hybridized carbons (Fsp3) is 0.333. The van der Waals surface area contributed by atoms with Gasteiger partial charge in [0.2, 0.25) is 0 Å². The molecular weight excluding hydrogens is 324 g/mol. The first-order valence-electron chi connectivity index (χ1n) is 6.71. The number of nitroso groups, excluding NO2 is 2. The first-order valence-corrected chi connectivity index (χ1v) is 6.71. The molecule has 4 N–H and O–H groups in total. The number of carbonyl (C=O) groups excluding carboxylic acids is 2. The van der Waals surface area contributed by atoms with Crippen molar-refractivity contribution in [2.24, 2.45) is 10.6 Å². The van der Waals surface area contributed by atoms with Gasteiger partial charge in [-0.15, -0.1) is 9.81 Å². The second kappa shape index (κ2) is 9.81. The fourth-order valence-electron chi connectivity index (χ4n) is 1.56. The van der Waals surface area contributed by atoms with Crippen molar-refractivity contribution in [3.8, 4) is 0 Å². The summed E-state index contributed by atoms with van der Waals surface area (Å²) in [5.41, 5.74) is 0.621. The van der Waals surface area contributed by atoms with E-state index in [9.17, 15) is 19.4 Å². The molecule has 130 valence electrons. The van der Waals surface area contributed by atoms with Gasteiger partial charge in [-0.25, -0.2) is 9.59 Å². The summed E-state index contributed by atoms with van der Waals surface area (Å²) in [6.45, 7) is -1.33. The minimum atomic E-state index is -0.824. The lowest BCUT2D eigenvalue weighted by Crippen LogP contribution is -2.32. The lowest BCUT2D eigenvalue weighted by Gasteiger charge is -2.14. The van der Waals surface area contributed by atoms with Crippen molar-refractivity contribution in [3.05, 3.63) is 34.1 Å². The van der Waals surface area contributed by atoms with Crippen molar-refractivity contribution in [3.63, 3.8) is 0 Å². The van der Waals surface area contributed by atoms with Crippen molar-refractivity contribution in [1.29, 1.82) is 0 Å². The number of aliphatic hydroxyl groups is 2. The molecule has 12 heteroatoms. The Morgan fingerprint density at radius 2 is 1.17 bits per heavy atom. The van der Waals surface area contributed by atoms with Crippen LogP contribution in [0.5, 0.6) is 0 Å². The van der Waals surface area contributed by atoms with Crippen molar-refractivity contribution in [1.82, 2.24) is 10.0 Å². The summed E-state index contributed by atoms with van der Waals surface area (Å²) in [6, 6.07) is 4.07. The Labute approximate surface area is 135 Å². The zero-order valence-corrected chi connectivity index (χ0v) is 12.5. The molecule has 0 aliphatic carbocycles. The van der Waals surface area contributed by atoms with E-state index in [1.54, 1.807) is 0 Å². The largest absolute Gasteiger partial charge is 0.394 e. The van der Waals surface area contributed by atoms with Gasteiger partial charge in [0.25, 0.3) is 0 Å². The molecule has 0 saturated carbocycles. The van der Waals surface area contributed by atoms with E-state index in [4.69, 9.17) is 10.2 Å². The monoisotopic (exact) mass is 340 g/mol. The van der Waals surface area contributed by atoms with E-state index in [1.807, 2.05) is 0 Å². The van der Waals surface area contributed by atoms with Crippen LogP contribution in [0, 0.1) is 9.81 Å². The molecule has 0 aliphatic heterocycles. The predicted octanol–water partition coefficient (Wildman–Crippen LogP) is 0.702. The predicted molar refractivity (Wildman–Crippen MR) is 83.7 cm³/mol. The summed E-state index contributed by atoms with van der Waals surface area (Å²) in [7, 11) is 0. The quantitative estimate of drug-likeness (QED) is 0.402. The van der Waals surface area contributed by atoms with Gasteiger partial charge in [-0.2, -0.15) is 10.0 Å². The zero-order valence-electron chi connectivity index (χ0n) is 12.5. The molecule has 0 aliphatic rings. The Morgan fingerprint density at radius 3 is 1.42 bits per heavy atom. The van der Waals surface area contributed by atoms with Crippen LogP contribution < -0.4 is 10.6 Å². The van der Waals surface area contributed by atoms with Gasteiger partial charge in [0.15, 0.2) is 0 Å². The van der Waals surface area contributed by atoms with E-state index in [2.05, 4.69) is 21.2 Å². The standard InChI is InChI=1S/C12H16N6O6/c19-7-5-17(15-23)11(21)13-9-1-2-10(4-3-9)14-12(22)18(16-24)6-8-20/h1-4,19-20H,5-8H2,(H,13,21)(H,14,22). The summed E-state index contributed by atoms with van der Waals surface area (Å²) < 4.78 is 0. The van der Waals surface area contributed by atoms with Gasteiger partial charge in [-0.3, -0.25) is 0 Å². The normalized spacial score (nSPS) is 9.75. The average molecular weight is 340 g/mol. The Kier molecular flexibility index (Phi) is 7.73. The molecule has 1 aromatic carbocycles. The van der Waals surface area contributed by atoms with E-state index in [0.717, 1.165) is 0 Å². The molecule has 1 aromatic rings. The Balaban J connectivity index is 2.65. The molecular formula is C12H16N6O6. The van der Waals surface area contributed by atoms with Crippen LogP contribution in [-0.2, 0) is 0 Å². The molecule has 0 spiro atoms. The minimum Gasteiger partial charge on any atom is -0.394 e. The minimum absolute atomic E-state index is 0.247. The van der Waals surface area contributed by atoms with Gasteiger partial charge in [0.1, 0.15) is 0 Å². The zero-order chi connectivity index (χ0) is 17.9. The topological polar surface area (TPSA) is 164 Å². The van der Waals surface area contributed by atoms with Crippen LogP contribution in [-0.4, -0.2) is 58.6 Å². The van der Waals surface area contributed by atoms with E-state index in [0.29, 0.717) is 21.4 Å². The third-order valence-electron chi connectivity index (χ3n) is 2.68. The molecule has 0 atom stereocenters. The second-order valence-electron chi connectivity index (χ2n) is 4.29. The number of amides is 4. The summed E-state index contributed by atoms with van der Waals surface area (Å²) in [6.07, 6.45) is 0. The number of nitrogens with zero attached hydrogens (tertiary/aromatic N) is 4. The lowest BCUT2D eigenvalue weighted by molar-refractivity contribution is 0.190. The summed E-state index contributed by atoms with van der Waals surface area (Å²) in [5.74, 6) is 0. The van der Waals surface area contributed by atoms with Crippen LogP contribution in [0.15, 0.2) is 34.8 Å². The number of carbonyl (C=O) groups is 2. The van der Waals surface area contributed by atoms with Crippen LogP contribution >= 0.6 is 0 Å². The van der Waals surface area contributed by atoms with E-state index in [1.165, 1.54) is 24.3 Å². The Bertz CT molecular complexity index is 529. The second-order valence-corrected chi connectivity index (χ2v) is 4.29. The average Bonchev–Trinajstić information content (AvgIpc) is 2.58. The highest BCUT2D eigenvalue weighted by Crippen LogP contribution is 2.15. The van der Waals surface area contributed by atoms with Gasteiger partial charge in [-0.1, -0.05) is 0 Å². The molecule has 0 radical (unpaired) electrons. The molecule has 0 heterocycles. The van der Waals surface area contributed by atoms with Crippen molar-refractivity contribution in [2.45, 2.75) is 0 Å². The van der Waals surface area contributed by atoms with Crippen LogP contribution in [0.4, 0.5) is 21.0 Å². The molecule has 0 unspecified atom stereocenters. The Hall–Kier alpha value is -3.12. The number of hydrogen-bond acceptors (Lipinski definition) is 8. The smallest absolute Gasteiger partial charge is 0.344 e. The molecule has 0 saturated heterocycles. The van der Waals surface area contributed by atoms with Gasteiger partial charge < -0.3 is 20.8 Å². The molecule has 1 rings (SSSR count). The maximum Gasteiger partial charge on any atom is 0.344 e. The highest BCUT2D eigenvalue weighted by molar-refractivity contribution is 5.91. The van der Waals surface area contributed by atoms with Crippen molar-refractivity contribution >= 4 is 23.4 Å². The molecule has 0 aromatic heterocycles. The summed E-state index contributed by atoms with van der Waals surface area (Å²) in [4.78, 5) is 44.2. The molecule has 0 bridgehead atoms. The van der Waals surface area contributed by atoms with E-state index >= 15 is 0 Å². The van der Waals surface area contributed by atoms with Crippen molar-refractivity contribution in [2.75, 3.05) is 36.9 Å². The number of benzene rings is 1. The molecule has 0 fully saturated rings. The first-order chi connectivity index (χ1) is 11.5. The number of nitrogens with one attached hydrogen (secondary N) is 2. The van der Waals surface area contributed by atoms with Gasteiger partial charge in [0, 0.05) is 11.4 Å². The maximum absolute atomic E-state index is 11.7. The maximum atomic E-state index is 11.7.